The van der Waals surface area contributed by atoms with Gasteiger partial charge < -0.3 is 14.3 Å². The molecule has 0 bridgehead atoms. The first-order chi connectivity index (χ1) is 8.51. The van der Waals surface area contributed by atoms with E-state index in [1.165, 1.54) is 13.2 Å². The lowest BCUT2D eigenvalue weighted by Crippen LogP contribution is -2.46. The highest BCUT2D eigenvalue weighted by atomic mass is 28.4. The summed E-state index contributed by atoms with van der Waals surface area (Å²) in [6, 6.07) is 0. The van der Waals surface area contributed by atoms with Crippen molar-refractivity contribution in [1.29, 1.82) is 0 Å². The molecule has 0 amide bonds. The van der Waals surface area contributed by atoms with Crippen LogP contribution >= 0.6 is 0 Å². The van der Waals surface area contributed by atoms with Crippen LogP contribution in [-0.4, -0.2) is 38.7 Å². The normalized spacial score (nSPS) is 16.4. The van der Waals surface area contributed by atoms with Crippen LogP contribution in [0.4, 0.5) is 0 Å². The highest BCUT2D eigenvalue weighted by Gasteiger charge is 2.39. The van der Waals surface area contributed by atoms with Gasteiger partial charge in [0.1, 0.15) is 0 Å². The van der Waals surface area contributed by atoms with Crippen molar-refractivity contribution >= 4 is 14.3 Å². The maximum atomic E-state index is 10.9. The van der Waals surface area contributed by atoms with Crippen LogP contribution in [-0.2, 0) is 14.0 Å². The van der Waals surface area contributed by atoms with Gasteiger partial charge in [-0.25, -0.2) is 4.79 Å². The largest absolute Gasteiger partial charge is 0.466 e. The Morgan fingerprint density at radius 1 is 1.37 bits per heavy atom. The van der Waals surface area contributed by atoms with Gasteiger partial charge in [-0.05, 0) is 31.5 Å². The van der Waals surface area contributed by atoms with Crippen LogP contribution in [0.5, 0.6) is 0 Å². The molecule has 0 rings (SSSR count). The van der Waals surface area contributed by atoms with Crippen LogP contribution < -0.4 is 0 Å². The van der Waals surface area contributed by atoms with E-state index in [0.717, 1.165) is 0 Å². The number of methoxy groups -OCH3 is 1. The Hall–Kier alpha value is -0.653. The zero-order valence-corrected chi connectivity index (χ0v) is 14.2. The standard InChI is InChI=1S/C14H28O4Si/c1-11(18-19(6,7)14(2,3)4)12(15)9-8-10-13(16)17-5/h8,10-12,15H,9H2,1-7H3/b10-8+/t11-,12+/m0/s1. The molecule has 1 N–H and O–H groups in total. The summed E-state index contributed by atoms with van der Waals surface area (Å²) in [5.41, 5.74) is 0. The fraction of sp³-hybridized carbons (Fsp3) is 0.786. The molecule has 19 heavy (non-hydrogen) atoms. The van der Waals surface area contributed by atoms with Gasteiger partial charge >= 0.3 is 5.97 Å². The van der Waals surface area contributed by atoms with Crippen molar-refractivity contribution in [2.24, 2.45) is 0 Å². The average molecular weight is 288 g/mol. The van der Waals surface area contributed by atoms with Gasteiger partial charge in [-0.1, -0.05) is 26.8 Å². The van der Waals surface area contributed by atoms with Gasteiger partial charge in [-0.15, -0.1) is 0 Å². The van der Waals surface area contributed by atoms with Gasteiger partial charge in [-0.3, -0.25) is 0 Å². The minimum atomic E-state index is -1.87. The summed E-state index contributed by atoms with van der Waals surface area (Å²) >= 11 is 0. The Bertz CT molecular complexity index is 318. The van der Waals surface area contributed by atoms with E-state index in [1.54, 1.807) is 6.08 Å². The molecule has 0 heterocycles. The Labute approximate surface area is 117 Å². The number of esters is 1. The highest BCUT2D eigenvalue weighted by molar-refractivity contribution is 6.74. The first-order valence-electron chi connectivity index (χ1n) is 6.61. The van der Waals surface area contributed by atoms with Crippen LogP contribution in [0.1, 0.15) is 34.1 Å². The number of hydrogen-bond acceptors (Lipinski definition) is 4. The zero-order valence-electron chi connectivity index (χ0n) is 13.2. The molecule has 2 atom stereocenters. The van der Waals surface area contributed by atoms with E-state index in [9.17, 15) is 9.90 Å². The molecular formula is C14H28O4Si. The minimum absolute atomic E-state index is 0.114. The van der Waals surface area contributed by atoms with E-state index >= 15 is 0 Å². The van der Waals surface area contributed by atoms with Crippen molar-refractivity contribution in [3.63, 3.8) is 0 Å². The third kappa shape index (κ3) is 6.36. The Morgan fingerprint density at radius 2 is 1.89 bits per heavy atom. The lowest BCUT2D eigenvalue weighted by atomic mass is 10.1. The number of carbonyl (C=O) groups is 1. The second-order valence-electron chi connectivity index (χ2n) is 6.31. The van der Waals surface area contributed by atoms with Crippen LogP contribution in [0.2, 0.25) is 18.1 Å². The average Bonchev–Trinajstić information content (AvgIpc) is 2.26. The Morgan fingerprint density at radius 3 is 2.32 bits per heavy atom. The van der Waals surface area contributed by atoms with Crippen molar-refractivity contribution in [2.75, 3.05) is 7.11 Å². The van der Waals surface area contributed by atoms with Gasteiger partial charge in [-0.2, -0.15) is 0 Å². The predicted octanol–water partition coefficient (Wildman–Crippen LogP) is 2.88. The molecule has 0 unspecified atom stereocenters. The number of rotatable bonds is 6. The van der Waals surface area contributed by atoms with Crippen molar-refractivity contribution in [3.05, 3.63) is 12.2 Å². The minimum Gasteiger partial charge on any atom is -0.466 e. The first-order valence-corrected chi connectivity index (χ1v) is 9.52. The molecule has 0 radical (unpaired) electrons. The van der Waals surface area contributed by atoms with Crippen LogP contribution in [0.25, 0.3) is 0 Å². The van der Waals surface area contributed by atoms with Crippen molar-refractivity contribution in [3.8, 4) is 0 Å². The first kappa shape index (κ1) is 18.3. The van der Waals surface area contributed by atoms with Gasteiger partial charge in [0.05, 0.1) is 19.3 Å². The van der Waals surface area contributed by atoms with E-state index in [-0.39, 0.29) is 11.1 Å². The number of aliphatic hydroxyl groups is 1. The van der Waals surface area contributed by atoms with Gasteiger partial charge in [0, 0.05) is 6.08 Å². The van der Waals surface area contributed by atoms with Crippen molar-refractivity contribution in [2.45, 2.75) is 64.5 Å². The number of hydrogen-bond donors (Lipinski definition) is 1. The van der Waals surface area contributed by atoms with E-state index in [1.807, 2.05) is 6.92 Å². The molecule has 0 aromatic rings. The summed E-state index contributed by atoms with van der Waals surface area (Å²) in [7, 11) is -0.549. The molecule has 5 heteroatoms. The molecule has 0 aliphatic heterocycles. The molecule has 0 aromatic heterocycles. The molecule has 4 nitrogen and oxygen atoms in total. The Balaban J connectivity index is 4.39. The summed E-state index contributed by atoms with van der Waals surface area (Å²) < 4.78 is 10.6. The van der Waals surface area contributed by atoms with Crippen molar-refractivity contribution < 1.29 is 19.1 Å². The van der Waals surface area contributed by atoms with Gasteiger partial charge in [0.15, 0.2) is 8.32 Å². The molecule has 0 fully saturated rings. The third-order valence-corrected chi connectivity index (χ3v) is 8.23. The summed E-state index contributed by atoms with van der Waals surface area (Å²) in [4.78, 5) is 10.9. The third-order valence-electron chi connectivity index (χ3n) is 3.66. The summed E-state index contributed by atoms with van der Waals surface area (Å²) in [6.07, 6.45) is 2.45. The lowest BCUT2D eigenvalue weighted by Gasteiger charge is -2.39. The molecule has 0 aliphatic rings. The smallest absolute Gasteiger partial charge is 0.330 e. The fourth-order valence-electron chi connectivity index (χ4n) is 1.28. The van der Waals surface area contributed by atoms with Gasteiger partial charge in [0.2, 0.25) is 0 Å². The molecule has 0 aliphatic carbocycles. The lowest BCUT2D eigenvalue weighted by molar-refractivity contribution is -0.134. The van der Waals surface area contributed by atoms with E-state index in [4.69, 9.17) is 4.43 Å². The molecule has 0 spiro atoms. The monoisotopic (exact) mass is 288 g/mol. The molecule has 0 aromatic carbocycles. The van der Waals surface area contributed by atoms with E-state index in [2.05, 4.69) is 38.6 Å². The number of carbonyl (C=O) groups excluding carboxylic acids is 1. The summed E-state index contributed by atoms with van der Waals surface area (Å²) in [5.74, 6) is -0.412. The fourth-order valence-corrected chi connectivity index (χ4v) is 2.72. The predicted molar refractivity (Wildman–Crippen MR) is 79.5 cm³/mol. The Kier molecular flexibility index (Phi) is 6.97. The zero-order chi connectivity index (χ0) is 15.3. The topological polar surface area (TPSA) is 55.8 Å². The van der Waals surface area contributed by atoms with E-state index < -0.39 is 20.4 Å². The molecule has 112 valence electrons. The van der Waals surface area contributed by atoms with E-state index in [0.29, 0.717) is 6.42 Å². The van der Waals surface area contributed by atoms with Crippen LogP contribution in [0.15, 0.2) is 12.2 Å². The maximum Gasteiger partial charge on any atom is 0.330 e. The highest BCUT2D eigenvalue weighted by Crippen LogP contribution is 2.37. The second kappa shape index (κ2) is 7.22. The summed E-state index contributed by atoms with van der Waals surface area (Å²) in [5, 5.41) is 10.1. The van der Waals surface area contributed by atoms with Crippen molar-refractivity contribution in [1.82, 2.24) is 0 Å². The molecular weight excluding hydrogens is 260 g/mol. The molecule has 0 saturated heterocycles. The van der Waals surface area contributed by atoms with Crippen LogP contribution in [0.3, 0.4) is 0 Å². The SMILES string of the molecule is COC(=O)/C=C/C[C@@H](O)[C@H](C)O[Si](C)(C)C(C)(C)C. The number of aliphatic hydroxyl groups excluding tert-OH is 1. The molecule has 0 saturated carbocycles. The van der Waals surface area contributed by atoms with Gasteiger partial charge in [0.25, 0.3) is 0 Å². The summed E-state index contributed by atoms with van der Waals surface area (Å²) in [6.45, 7) is 12.7. The number of ether oxygens (including phenoxy) is 1. The second-order valence-corrected chi connectivity index (χ2v) is 11.1. The maximum absolute atomic E-state index is 10.9. The quantitative estimate of drug-likeness (QED) is 0.464. The van der Waals surface area contributed by atoms with Crippen LogP contribution in [0, 0.1) is 0 Å².